The van der Waals surface area contributed by atoms with Gasteiger partial charge in [0.15, 0.2) is 0 Å². The van der Waals surface area contributed by atoms with Gasteiger partial charge in [-0.05, 0) is 77.3 Å². The summed E-state index contributed by atoms with van der Waals surface area (Å²) in [7, 11) is 2.33. The van der Waals surface area contributed by atoms with Gasteiger partial charge in [0.25, 0.3) is 5.56 Å². The third-order valence-corrected chi connectivity index (χ3v) is 7.70. The topological polar surface area (TPSA) is 50.2 Å². The molecule has 1 aromatic heterocycles. The van der Waals surface area contributed by atoms with Gasteiger partial charge in [0.1, 0.15) is 0 Å². The van der Waals surface area contributed by atoms with Crippen molar-refractivity contribution in [2.24, 2.45) is 0 Å². The summed E-state index contributed by atoms with van der Waals surface area (Å²) in [6, 6.07) is 6.88. The van der Waals surface area contributed by atoms with Crippen LogP contribution in [0.25, 0.3) is 0 Å². The molecule has 148 valence electrons. The SMILES string of the molecule is CN1C2CCCC1CC(NC1CCC(n3nc(C4CC4)ccc3=O)CC1)C2. The average molecular weight is 371 g/mol. The maximum Gasteiger partial charge on any atom is 0.267 e. The molecule has 5 nitrogen and oxygen atoms in total. The summed E-state index contributed by atoms with van der Waals surface area (Å²) in [6.07, 6.45) is 13.8. The molecule has 1 aromatic rings. The summed E-state index contributed by atoms with van der Waals surface area (Å²) in [4.78, 5) is 15.0. The van der Waals surface area contributed by atoms with E-state index in [0.29, 0.717) is 24.0 Å². The lowest BCUT2D eigenvalue weighted by Crippen LogP contribution is -2.56. The first kappa shape index (κ1) is 17.9. The van der Waals surface area contributed by atoms with Crippen LogP contribution in [0.15, 0.2) is 16.9 Å². The fourth-order valence-electron chi connectivity index (χ4n) is 5.87. The van der Waals surface area contributed by atoms with Crippen LogP contribution < -0.4 is 10.9 Å². The molecule has 4 fully saturated rings. The molecule has 2 aliphatic carbocycles. The Morgan fingerprint density at radius 2 is 1.59 bits per heavy atom. The highest BCUT2D eigenvalue weighted by Crippen LogP contribution is 2.39. The van der Waals surface area contributed by atoms with Gasteiger partial charge in [-0.25, -0.2) is 4.68 Å². The molecular weight excluding hydrogens is 336 g/mol. The molecule has 27 heavy (non-hydrogen) atoms. The monoisotopic (exact) mass is 370 g/mol. The van der Waals surface area contributed by atoms with Crippen LogP contribution in [0, 0.1) is 0 Å². The number of nitrogens with one attached hydrogen (secondary N) is 1. The molecule has 2 atom stereocenters. The predicted octanol–water partition coefficient (Wildman–Crippen LogP) is 3.21. The summed E-state index contributed by atoms with van der Waals surface area (Å²) >= 11 is 0. The van der Waals surface area contributed by atoms with Crippen molar-refractivity contribution in [1.29, 1.82) is 0 Å². The van der Waals surface area contributed by atoms with E-state index >= 15 is 0 Å². The first-order valence-corrected chi connectivity index (χ1v) is 11.2. The molecular formula is C22H34N4O. The Morgan fingerprint density at radius 3 is 2.26 bits per heavy atom. The van der Waals surface area contributed by atoms with Crippen LogP contribution in [0.5, 0.6) is 0 Å². The van der Waals surface area contributed by atoms with Crippen molar-refractivity contribution in [2.75, 3.05) is 7.05 Å². The van der Waals surface area contributed by atoms with Gasteiger partial charge >= 0.3 is 0 Å². The van der Waals surface area contributed by atoms with Gasteiger partial charge in [-0.2, -0.15) is 5.10 Å². The van der Waals surface area contributed by atoms with Crippen molar-refractivity contribution in [2.45, 2.75) is 107 Å². The van der Waals surface area contributed by atoms with E-state index in [1.54, 1.807) is 6.07 Å². The van der Waals surface area contributed by atoms with Gasteiger partial charge in [-0.1, -0.05) is 6.42 Å². The minimum absolute atomic E-state index is 0.0824. The Morgan fingerprint density at radius 1 is 0.889 bits per heavy atom. The number of nitrogens with zero attached hydrogens (tertiary/aromatic N) is 3. The maximum absolute atomic E-state index is 12.3. The van der Waals surface area contributed by atoms with E-state index in [0.717, 1.165) is 30.6 Å². The van der Waals surface area contributed by atoms with E-state index < -0.39 is 0 Å². The van der Waals surface area contributed by atoms with Crippen molar-refractivity contribution in [3.05, 3.63) is 28.2 Å². The lowest BCUT2D eigenvalue weighted by atomic mass is 9.81. The Hall–Kier alpha value is -1.20. The first-order chi connectivity index (χ1) is 13.2. The van der Waals surface area contributed by atoms with Crippen LogP contribution in [0.4, 0.5) is 0 Å². The molecule has 3 heterocycles. The molecule has 0 radical (unpaired) electrons. The second kappa shape index (κ2) is 7.32. The van der Waals surface area contributed by atoms with E-state index in [1.807, 2.05) is 10.7 Å². The highest BCUT2D eigenvalue weighted by molar-refractivity contribution is 5.13. The number of aromatic nitrogens is 2. The molecule has 0 aromatic carbocycles. The molecule has 0 amide bonds. The van der Waals surface area contributed by atoms with Crippen LogP contribution in [0.3, 0.4) is 0 Å². The quantitative estimate of drug-likeness (QED) is 0.884. The summed E-state index contributed by atoms with van der Waals surface area (Å²) < 4.78 is 1.81. The van der Waals surface area contributed by atoms with Crippen LogP contribution in [-0.4, -0.2) is 45.9 Å². The number of piperidine rings is 2. The lowest BCUT2D eigenvalue weighted by Gasteiger charge is -2.48. The number of hydrogen-bond donors (Lipinski definition) is 1. The minimum atomic E-state index is 0.0824. The summed E-state index contributed by atoms with van der Waals surface area (Å²) in [5.41, 5.74) is 1.21. The van der Waals surface area contributed by atoms with Gasteiger partial charge < -0.3 is 10.2 Å². The minimum Gasteiger partial charge on any atom is -0.311 e. The molecule has 5 heteroatoms. The van der Waals surface area contributed by atoms with Gasteiger partial charge in [0, 0.05) is 36.2 Å². The Bertz CT molecular complexity index is 705. The Kier molecular flexibility index (Phi) is 4.85. The Balaban J connectivity index is 1.18. The summed E-state index contributed by atoms with van der Waals surface area (Å²) in [6.45, 7) is 0. The zero-order chi connectivity index (χ0) is 18.4. The second-order valence-corrected chi connectivity index (χ2v) is 9.56. The van der Waals surface area contributed by atoms with E-state index in [9.17, 15) is 4.79 Å². The molecule has 2 bridgehead atoms. The molecule has 2 saturated carbocycles. The fourth-order valence-corrected chi connectivity index (χ4v) is 5.87. The van der Waals surface area contributed by atoms with Gasteiger partial charge in [0.05, 0.1) is 11.7 Å². The number of fused-ring (bicyclic) bond motifs is 2. The maximum atomic E-state index is 12.3. The normalized spacial score (nSPS) is 37.3. The third kappa shape index (κ3) is 3.73. The van der Waals surface area contributed by atoms with Crippen LogP contribution in [0.1, 0.15) is 88.3 Å². The Labute approximate surface area is 162 Å². The zero-order valence-electron chi connectivity index (χ0n) is 16.6. The van der Waals surface area contributed by atoms with Crippen molar-refractivity contribution in [3.8, 4) is 0 Å². The van der Waals surface area contributed by atoms with E-state index in [-0.39, 0.29) is 5.56 Å². The first-order valence-electron chi connectivity index (χ1n) is 11.2. The number of hydrogen-bond acceptors (Lipinski definition) is 4. The lowest BCUT2D eigenvalue weighted by molar-refractivity contribution is 0.0437. The highest BCUT2D eigenvalue weighted by Gasteiger charge is 2.37. The highest BCUT2D eigenvalue weighted by atomic mass is 16.1. The van der Waals surface area contributed by atoms with Crippen molar-refractivity contribution in [1.82, 2.24) is 20.0 Å². The zero-order valence-corrected chi connectivity index (χ0v) is 16.6. The van der Waals surface area contributed by atoms with Crippen LogP contribution >= 0.6 is 0 Å². The van der Waals surface area contributed by atoms with Crippen molar-refractivity contribution in [3.63, 3.8) is 0 Å². The van der Waals surface area contributed by atoms with E-state index in [4.69, 9.17) is 5.10 Å². The summed E-state index contributed by atoms with van der Waals surface area (Å²) in [5.74, 6) is 0.610. The molecule has 4 aliphatic rings. The third-order valence-electron chi connectivity index (χ3n) is 7.70. The standard InChI is InChI=1S/C22H34N4O/c1-25-19-3-2-4-20(25)14-17(13-19)23-16-7-9-18(10-8-16)26-22(27)12-11-21(24-26)15-5-6-15/h11-12,15-20,23H,2-10,13-14H2,1H3. The molecule has 2 aliphatic heterocycles. The van der Waals surface area contributed by atoms with Crippen LogP contribution in [0.2, 0.25) is 0 Å². The summed E-state index contributed by atoms with van der Waals surface area (Å²) in [5, 5.41) is 8.72. The van der Waals surface area contributed by atoms with Gasteiger partial charge in [-0.3, -0.25) is 4.79 Å². The predicted molar refractivity (Wildman–Crippen MR) is 107 cm³/mol. The number of rotatable bonds is 4. The van der Waals surface area contributed by atoms with E-state index in [2.05, 4.69) is 17.3 Å². The molecule has 0 spiro atoms. The van der Waals surface area contributed by atoms with Crippen molar-refractivity contribution >= 4 is 0 Å². The van der Waals surface area contributed by atoms with Gasteiger partial charge in [0.2, 0.25) is 0 Å². The van der Waals surface area contributed by atoms with E-state index in [1.165, 1.54) is 57.8 Å². The average Bonchev–Trinajstić information content (AvgIpc) is 3.49. The largest absolute Gasteiger partial charge is 0.311 e. The van der Waals surface area contributed by atoms with Gasteiger partial charge in [-0.15, -0.1) is 0 Å². The molecule has 1 N–H and O–H groups in total. The smallest absolute Gasteiger partial charge is 0.267 e. The molecule has 2 saturated heterocycles. The van der Waals surface area contributed by atoms with Crippen molar-refractivity contribution < 1.29 is 0 Å². The fraction of sp³-hybridized carbons (Fsp3) is 0.818. The molecule has 5 rings (SSSR count). The molecule has 2 unspecified atom stereocenters. The second-order valence-electron chi connectivity index (χ2n) is 9.56. The van der Waals surface area contributed by atoms with Crippen LogP contribution in [-0.2, 0) is 0 Å².